The predicted molar refractivity (Wildman–Crippen MR) is 87.2 cm³/mol. The smallest absolute Gasteiger partial charge is 0.0234 e. The molecule has 0 amide bonds. The van der Waals surface area contributed by atoms with Crippen LogP contribution in [0.5, 0.6) is 0 Å². The Hall–Kier alpha value is -0.860. The second-order valence-corrected chi connectivity index (χ2v) is 6.17. The van der Waals surface area contributed by atoms with Crippen LogP contribution in [0.15, 0.2) is 24.3 Å². The van der Waals surface area contributed by atoms with E-state index in [-0.39, 0.29) is 0 Å². The third-order valence-electron chi connectivity index (χ3n) is 4.54. The SMILES string of the molecule is CCCN1CCN(Cc2cccc(C(C)CC)c2)CC1. The van der Waals surface area contributed by atoms with E-state index in [0.717, 1.165) is 6.54 Å². The van der Waals surface area contributed by atoms with Gasteiger partial charge in [-0.1, -0.05) is 45.0 Å². The quantitative estimate of drug-likeness (QED) is 0.780. The van der Waals surface area contributed by atoms with Crippen molar-refractivity contribution in [1.29, 1.82) is 0 Å². The van der Waals surface area contributed by atoms with Gasteiger partial charge in [-0.2, -0.15) is 0 Å². The zero-order valence-corrected chi connectivity index (χ0v) is 13.4. The molecule has 1 aliphatic rings. The van der Waals surface area contributed by atoms with Crippen LogP contribution in [-0.2, 0) is 6.54 Å². The van der Waals surface area contributed by atoms with Gasteiger partial charge in [0, 0.05) is 32.7 Å². The summed E-state index contributed by atoms with van der Waals surface area (Å²) < 4.78 is 0. The average Bonchev–Trinajstić information content (AvgIpc) is 2.49. The number of hydrogen-bond donors (Lipinski definition) is 0. The van der Waals surface area contributed by atoms with Crippen LogP contribution in [0.3, 0.4) is 0 Å². The second kappa shape index (κ2) is 7.80. The highest BCUT2D eigenvalue weighted by Gasteiger charge is 2.16. The van der Waals surface area contributed by atoms with Crippen molar-refractivity contribution >= 4 is 0 Å². The van der Waals surface area contributed by atoms with E-state index in [1.165, 1.54) is 56.7 Å². The average molecular weight is 274 g/mol. The summed E-state index contributed by atoms with van der Waals surface area (Å²) >= 11 is 0. The van der Waals surface area contributed by atoms with E-state index in [2.05, 4.69) is 54.8 Å². The second-order valence-electron chi connectivity index (χ2n) is 6.17. The van der Waals surface area contributed by atoms with Crippen LogP contribution in [0.4, 0.5) is 0 Å². The maximum Gasteiger partial charge on any atom is 0.0234 e. The molecule has 1 saturated heterocycles. The Morgan fingerprint density at radius 1 is 1.05 bits per heavy atom. The Morgan fingerprint density at radius 3 is 2.40 bits per heavy atom. The van der Waals surface area contributed by atoms with Gasteiger partial charge in [-0.3, -0.25) is 4.90 Å². The molecule has 2 nitrogen and oxygen atoms in total. The monoisotopic (exact) mass is 274 g/mol. The van der Waals surface area contributed by atoms with Crippen molar-refractivity contribution in [2.24, 2.45) is 0 Å². The molecule has 20 heavy (non-hydrogen) atoms. The van der Waals surface area contributed by atoms with Crippen LogP contribution in [-0.4, -0.2) is 42.5 Å². The fraction of sp³-hybridized carbons (Fsp3) is 0.667. The van der Waals surface area contributed by atoms with Crippen LogP contribution in [0.2, 0.25) is 0 Å². The molecule has 1 unspecified atom stereocenters. The first-order chi connectivity index (χ1) is 9.72. The molecule has 1 atom stereocenters. The highest BCUT2D eigenvalue weighted by atomic mass is 15.3. The lowest BCUT2D eigenvalue weighted by molar-refractivity contribution is 0.127. The highest BCUT2D eigenvalue weighted by Crippen LogP contribution is 2.20. The van der Waals surface area contributed by atoms with Crippen molar-refractivity contribution in [2.75, 3.05) is 32.7 Å². The molecule has 0 N–H and O–H groups in total. The number of nitrogens with zero attached hydrogens (tertiary/aromatic N) is 2. The summed E-state index contributed by atoms with van der Waals surface area (Å²) in [5.41, 5.74) is 2.97. The molecule has 0 radical (unpaired) electrons. The van der Waals surface area contributed by atoms with Gasteiger partial charge in [-0.15, -0.1) is 0 Å². The van der Waals surface area contributed by atoms with Crippen LogP contribution in [0.1, 0.15) is 50.7 Å². The van der Waals surface area contributed by atoms with Crippen molar-refractivity contribution in [3.8, 4) is 0 Å². The van der Waals surface area contributed by atoms with Crippen molar-refractivity contribution < 1.29 is 0 Å². The van der Waals surface area contributed by atoms with E-state index < -0.39 is 0 Å². The number of hydrogen-bond acceptors (Lipinski definition) is 2. The van der Waals surface area contributed by atoms with Gasteiger partial charge in [0.15, 0.2) is 0 Å². The number of piperazine rings is 1. The largest absolute Gasteiger partial charge is 0.301 e. The molecule has 1 aromatic rings. The Bertz CT molecular complexity index is 394. The first kappa shape index (κ1) is 15.5. The van der Waals surface area contributed by atoms with Crippen LogP contribution in [0, 0.1) is 0 Å². The van der Waals surface area contributed by atoms with Crippen molar-refractivity contribution in [1.82, 2.24) is 9.80 Å². The molecule has 1 heterocycles. The van der Waals surface area contributed by atoms with E-state index in [4.69, 9.17) is 0 Å². The summed E-state index contributed by atoms with van der Waals surface area (Å²) in [6.07, 6.45) is 2.50. The van der Waals surface area contributed by atoms with Gasteiger partial charge in [-0.05, 0) is 36.4 Å². The fourth-order valence-electron chi connectivity index (χ4n) is 2.98. The molecule has 1 aliphatic heterocycles. The minimum atomic E-state index is 0.677. The Labute approximate surface area is 124 Å². The van der Waals surface area contributed by atoms with Gasteiger partial charge in [0.2, 0.25) is 0 Å². The van der Waals surface area contributed by atoms with Crippen molar-refractivity contribution in [3.05, 3.63) is 35.4 Å². The van der Waals surface area contributed by atoms with Crippen molar-refractivity contribution in [3.63, 3.8) is 0 Å². The molecule has 0 aliphatic carbocycles. The summed E-state index contributed by atoms with van der Waals surface area (Å²) in [4.78, 5) is 5.19. The van der Waals surface area contributed by atoms with Crippen LogP contribution < -0.4 is 0 Å². The summed E-state index contributed by atoms with van der Waals surface area (Å²) in [5.74, 6) is 0.677. The third-order valence-corrected chi connectivity index (χ3v) is 4.54. The van der Waals surface area contributed by atoms with E-state index in [0.29, 0.717) is 5.92 Å². The van der Waals surface area contributed by atoms with E-state index >= 15 is 0 Å². The summed E-state index contributed by atoms with van der Waals surface area (Å²) in [6.45, 7) is 14.1. The maximum atomic E-state index is 2.60. The first-order valence-electron chi connectivity index (χ1n) is 8.26. The number of benzene rings is 1. The lowest BCUT2D eigenvalue weighted by Gasteiger charge is -2.34. The first-order valence-corrected chi connectivity index (χ1v) is 8.26. The van der Waals surface area contributed by atoms with Gasteiger partial charge in [0.1, 0.15) is 0 Å². The molecular formula is C18H30N2. The van der Waals surface area contributed by atoms with E-state index in [1.807, 2.05) is 0 Å². The van der Waals surface area contributed by atoms with Gasteiger partial charge in [0.05, 0.1) is 0 Å². The standard InChI is InChI=1S/C18H30N2/c1-4-9-19-10-12-20(13-11-19)15-17-7-6-8-18(14-17)16(3)5-2/h6-8,14,16H,4-5,9-13,15H2,1-3H3. The van der Waals surface area contributed by atoms with Gasteiger partial charge >= 0.3 is 0 Å². The van der Waals surface area contributed by atoms with E-state index in [1.54, 1.807) is 0 Å². The summed E-state index contributed by atoms with van der Waals surface area (Å²) in [5, 5.41) is 0. The molecular weight excluding hydrogens is 244 g/mol. The fourth-order valence-corrected chi connectivity index (χ4v) is 2.98. The Kier molecular flexibility index (Phi) is 6.06. The molecule has 112 valence electrons. The maximum absolute atomic E-state index is 2.60. The highest BCUT2D eigenvalue weighted by molar-refractivity contribution is 5.26. The third kappa shape index (κ3) is 4.32. The summed E-state index contributed by atoms with van der Waals surface area (Å²) in [6, 6.07) is 9.19. The lowest BCUT2D eigenvalue weighted by Crippen LogP contribution is -2.45. The van der Waals surface area contributed by atoms with Crippen molar-refractivity contribution in [2.45, 2.75) is 46.1 Å². The van der Waals surface area contributed by atoms with Gasteiger partial charge < -0.3 is 4.90 Å². The Morgan fingerprint density at radius 2 is 1.75 bits per heavy atom. The molecule has 1 fully saturated rings. The molecule has 0 bridgehead atoms. The zero-order chi connectivity index (χ0) is 14.4. The molecule has 2 heteroatoms. The van der Waals surface area contributed by atoms with Crippen LogP contribution in [0.25, 0.3) is 0 Å². The molecule has 0 saturated carbocycles. The normalized spacial score (nSPS) is 19.1. The molecule has 0 spiro atoms. The zero-order valence-electron chi connectivity index (χ0n) is 13.4. The summed E-state index contributed by atoms with van der Waals surface area (Å²) in [7, 11) is 0. The molecule has 0 aromatic heterocycles. The minimum absolute atomic E-state index is 0.677. The van der Waals surface area contributed by atoms with Gasteiger partial charge in [-0.25, -0.2) is 0 Å². The topological polar surface area (TPSA) is 6.48 Å². The minimum Gasteiger partial charge on any atom is -0.301 e. The Balaban J connectivity index is 1.88. The van der Waals surface area contributed by atoms with Crippen LogP contribution >= 0.6 is 0 Å². The van der Waals surface area contributed by atoms with E-state index in [9.17, 15) is 0 Å². The predicted octanol–water partition coefficient (Wildman–Crippen LogP) is 3.73. The molecule has 2 rings (SSSR count). The number of rotatable bonds is 6. The molecule has 1 aromatic carbocycles. The lowest BCUT2D eigenvalue weighted by atomic mass is 9.97. The van der Waals surface area contributed by atoms with Gasteiger partial charge in [0.25, 0.3) is 0 Å².